The molecule has 1 amide bonds. The Labute approximate surface area is 155 Å². The topological polar surface area (TPSA) is 66.6 Å². The van der Waals surface area contributed by atoms with E-state index in [1.54, 1.807) is 23.5 Å². The van der Waals surface area contributed by atoms with Crippen LogP contribution in [0, 0.1) is 6.92 Å². The number of aliphatic hydroxyl groups is 1. The molecule has 0 saturated heterocycles. The molecule has 2 N–H and O–H groups in total. The van der Waals surface area contributed by atoms with Gasteiger partial charge >= 0.3 is 0 Å². The number of pyridine rings is 1. The van der Waals surface area contributed by atoms with E-state index < -0.39 is 0 Å². The summed E-state index contributed by atoms with van der Waals surface area (Å²) < 4.78 is 1.94. The van der Waals surface area contributed by atoms with Gasteiger partial charge in [-0.05, 0) is 42.1 Å². The fourth-order valence-corrected chi connectivity index (χ4v) is 3.39. The van der Waals surface area contributed by atoms with Gasteiger partial charge in [0, 0.05) is 18.9 Å². The molecule has 0 aliphatic rings. The third-order valence-electron chi connectivity index (χ3n) is 3.87. The van der Waals surface area contributed by atoms with Gasteiger partial charge in [0.2, 0.25) is 0 Å². The number of imidazole rings is 1. The van der Waals surface area contributed by atoms with Gasteiger partial charge in [-0.1, -0.05) is 30.3 Å². The lowest BCUT2D eigenvalue weighted by molar-refractivity contribution is 0.102. The minimum absolute atomic E-state index is 0.142. The van der Waals surface area contributed by atoms with Crippen LogP contribution >= 0.6 is 11.3 Å². The molecule has 3 heterocycles. The van der Waals surface area contributed by atoms with Crippen LogP contribution in [0.1, 0.15) is 15.9 Å². The first-order valence-corrected chi connectivity index (χ1v) is 8.94. The van der Waals surface area contributed by atoms with Crippen LogP contribution in [0.4, 0.5) is 5.82 Å². The summed E-state index contributed by atoms with van der Waals surface area (Å²) in [5.41, 5.74) is 3.33. The van der Waals surface area contributed by atoms with Crippen molar-refractivity contribution in [3.8, 4) is 10.6 Å². The highest BCUT2D eigenvalue weighted by molar-refractivity contribution is 7.13. The van der Waals surface area contributed by atoms with E-state index in [0.717, 1.165) is 28.9 Å². The highest BCUT2D eigenvalue weighted by Gasteiger charge is 2.18. The number of anilines is 1. The highest BCUT2D eigenvalue weighted by Crippen LogP contribution is 2.33. The van der Waals surface area contributed by atoms with Crippen molar-refractivity contribution in [1.29, 1.82) is 0 Å². The van der Waals surface area contributed by atoms with E-state index in [2.05, 4.69) is 5.32 Å². The molecule has 0 fully saturated rings. The maximum absolute atomic E-state index is 12.6. The second kappa shape index (κ2) is 7.95. The molecular formula is C20H19N3O2S. The number of fused-ring (bicyclic) bond motifs is 1. The monoisotopic (exact) mass is 365 g/mol. The van der Waals surface area contributed by atoms with Crippen molar-refractivity contribution in [2.24, 2.45) is 0 Å². The molecule has 1 aromatic carbocycles. The Morgan fingerprint density at radius 2 is 1.85 bits per heavy atom. The molecule has 0 radical (unpaired) electrons. The molecule has 0 atom stereocenters. The van der Waals surface area contributed by atoms with Crippen LogP contribution in [0.25, 0.3) is 16.2 Å². The predicted octanol–water partition coefficient (Wildman–Crippen LogP) is 4.23. The molecule has 4 rings (SSSR count). The van der Waals surface area contributed by atoms with Gasteiger partial charge in [-0.3, -0.25) is 9.20 Å². The Morgan fingerprint density at radius 3 is 2.54 bits per heavy atom. The predicted molar refractivity (Wildman–Crippen MR) is 106 cm³/mol. The summed E-state index contributed by atoms with van der Waals surface area (Å²) in [5.74, 6) is 0.557. The van der Waals surface area contributed by atoms with Crippen LogP contribution in [0.2, 0.25) is 0 Å². The first-order chi connectivity index (χ1) is 12.7. The highest BCUT2D eigenvalue weighted by atomic mass is 32.1. The minimum Gasteiger partial charge on any atom is -0.400 e. The molecular weight excluding hydrogens is 346 g/mol. The Morgan fingerprint density at radius 1 is 1.08 bits per heavy atom. The van der Waals surface area contributed by atoms with E-state index in [9.17, 15) is 4.79 Å². The zero-order chi connectivity index (χ0) is 18.5. The number of aryl methyl sites for hydroxylation is 1. The van der Waals surface area contributed by atoms with Gasteiger partial charge in [-0.15, -0.1) is 11.3 Å². The Kier molecular flexibility index (Phi) is 5.46. The van der Waals surface area contributed by atoms with Gasteiger partial charge in [0.25, 0.3) is 5.91 Å². The summed E-state index contributed by atoms with van der Waals surface area (Å²) in [6.45, 7) is 2.02. The second-order valence-electron chi connectivity index (χ2n) is 5.49. The largest absolute Gasteiger partial charge is 0.400 e. The Bertz CT molecular complexity index is 1010. The fourth-order valence-electron chi connectivity index (χ4n) is 2.68. The summed E-state index contributed by atoms with van der Waals surface area (Å²) >= 11 is 1.61. The van der Waals surface area contributed by atoms with Gasteiger partial charge < -0.3 is 10.4 Å². The van der Waals surface area contributed by atoms with Crippen LogP contribution < -0.4 is 5.32 Å². The van der Waals surface area contributed by atoms with Gasteiger partial charge in [0.15, 0.2) is 0 Å². The molecule has 4 aromatic rings. The second-order valence-corrected chi connectivity index (χ2v) is 6.44. The molecule has 132 valence electrons. The van der Waals surface area contributed by atoms with Gasteiger partial charge in [-0.2, -0.15) is 0 Å². The lowest BCUT2D eigenvalue weighted by Gasteiger charge is -2.07. The molecule has 3 aromatic heterocycles. The van der Waals surface area contributed by atoms with Crippen molar-refractivity contribution in [2.75, 3.05) is 12.4 Å². The summed E-state index contributed by atoms with van der Waals surface area (Å²) in [6, 6.07) is 17.2. The third kappa shape index (κ3) is 3.37. The summed E-state index contributed by atoms with van der Waals surface area (Å²) in [6.07, 6.45) is 1.92. The zero-order valence-corrected chi connectivity index (χ0v) is 15.3. The number of amides is 1. The lowest BCUT2D eigenvalue weighted by atomic mass is 10.2. The van der Waals surface area contributed by atoms with Crippen LogP contribution in [0.5, 0.6) is 0 Å². The van der Waals surface area contributed by atoms with Crippen molar-refractivity contribution in [1.82, 2.24) is 9.38 Å². The molecule has 0 aliphatic carbocycles. The maximum atomic E-state index is 12.6. The molecule has 5 nitrogen and oxygen atoms in total. The van der Waals surface area contributed by atoms with E-state index in [0.29, 0.717) is 11.4 Å². The van der Waals surface area contributed by atoms with E-state index in [4.69, 9.17) is 10.1 Å². The molecule has 0 spiro atoms. The summed E-state index contributed by atoms with van der Waals surface area (Å²) in [7, 11) is 1.00. The smallest absolute Gasteiger partial charge is 0.256 e. The van der Waals surface area contributed by atoms with Crippen LogP contribution in [0.3, 0.4) is 0 Å². The molecule has 26 heavy (non-hydrogen) atoms. The average molecular weight is 365 g/mol. The van der Waals surface area contributed by atoms with E-state index in [1.165, 1.54) is 0 Å². The molecule has 0 aliphatic heterocycles. The van der Waals surface area contributed by atoms with Gasteiger partial charge in [0.1, 0.15) is 17.2 Å². The van der Waals surface area contributed by atoms with E-state index in [1.807, 2.05) is 65.4 Å². The number of nitrogens with one attached hydrogen (secondary N) is 1. The number of nitrogens with zero attached hydrogens (tertiary/aromatic N) is 2. The Balaban J connectivity index is 0.000000948. The van der Waals surface area contributed by atoms with Crippen molar-refractivity contribution >= 4 is 28.7 Å². The zero-order valence-electron chi connectivity index (χ0n) is 14.5. The minimum atomic E-state index is -0.142. The number of carbonyl (C=O) groups is 1. The lowest BCUT2D eigenvalue weighted by Crippen LogP contribution is -2.13. The SMILES string of the molecule is CO.Cc1cccn2c(NC(=O)c3ccccc3)c(-c3cccs3)nc12. The standard InChI is InChI=1S/C19H15N3OS.CH4O/c1-13-7-5-11-22-17(13)20-16(15-10-6-12-24-15)18(22)21-19(23)14-8-3-2-4-9-14;1-2/h2-12H,1H3,(H,21,23);2H,1H3. The average Bonchev–Trinajstić information content (AvgIpc) is 3.33. The quantitative estimate of drug-likeness (QED) is 0.571. The number of aliphatic hydroxyl groups excluding tert-OH is 1. The first-order valence-electron chi connectivity index (χ1n) is 8.07. The maximum Gasteiger partial charge on any atom is 0.256 e. The van der Waals surface area contributed by atoms with Gasteiger partial charge in [0.05, 0.1) is 4.88 Å². The normalized spacial score (nSPS) is 10.3. The molecule has 0 saturated carbocycles. The van der Waals surface area contributed by atoms with Crippen LogP contribution in [-0.4, -0.2) is 27.5 Å². The third-order valence-corrected chi connectivity index (χ3v) is 4.74. The molecule has 0 unspecified atom stereocenters. The number of rotatable bonds is 3. The number of hydrogen-bond acceptors (Lipinski definition) is 4. The number of hydrogen-bond donors (Lipinski definition) is 2. The molecule has 6 heteroatoms. The van der Waals surface area contributed by atoms with Crippen molar-refractivity contribution in [3.63, 3.8) is 0 Å². The van der Waals surface area contributed by atoms with E-state index >= 15 is 0 Å². The molecule has 0 bridgehead atoms. The summed E-state index contributed by atoms with van der Waals surface area (Å²) in [5, 5.41) is 12.0. The summed E-state index contributed by atoms with van der Waals surface area (Å²) in [4.78, 5) is 18.4. The fraction of sp³-hybridized carbons (Fsp3) is 0.100. The van der Waals surface area contributed by atoms with Crippen LogP contribution in [-0.2, 0) is 0 Å². The Hall–Kier alpha value is -2.96. The number of carbonyl (C=O) groups excluding carboxylic acids is 1. The van der Waals surface area contributed by atoms with Crippen LogP contribution in [0.15, 0.2) is 66.2 Å². The van der Waals surface area contributed by atoms with Crippen molar-refractivity contribution in [3.05, 3.63) is 77.3 Å². The number of benzene rings is 1. The van der Waals surface area contributed by atoms with E-state index in [-0.39, 0.29) is 5.91 Å². The van der Waals surface area contributed by atoms with Crippen molar-refractivity contribution < 1.29 is 9.90 Å². The van der Waals surface area contributed by atoms with Gasteiger partial charge in [-0.25, -0.2) is 4.98 Å². The first kappa shape index (κ1) is 17.8. The number of aromatic nitrogens is 2. The number of thiophene rings is 1. The van der Waals surface area contributed by atoms with Crippen molar-refractivity contribution in [2.45, 2.75) is 6.92 Å².